The maximum atomic E-state index is 3.92. The van der Waals surface area contributed by atoms with E-state index in [1.54, 1.807) is 0 Å². The van der Waals surface area contributed by atoms with Gasteiger partial charge < -0.3 is 0 Å². The molecule has 2 rings (SSSR count). The van der Waals surface area contributed by atoms with Gasteiger partial charge in [0.15, 0.2) is 0 Å². The van der Waals surface area contributed by atoms with Gasteiger partial charge in [0.05, 0.1) is 0 Å². The predicted octanol–water partition coefficient (Wildman–Crippen LogP) is 5.24. The van der Waals surface area contributed by atoms with Gasteiger partial charge >= 0.3 is 0 Å². The predicted molar refractivity (Wildman–Crippen MR) is 82.6 cm³/mol. The van der Waals surface area contributed by atoms with E-state index in [2.05, 4.69) is 56.5 Å². The highest BCUT2D eigenvalue weighted by atomic mass is 14.1. The smallest absolute Gasteiger partial charge is 0.0146 e. The molecule has 0 spiro atoms. The number of aryl methyl sites for hydroxylation is 1. The number of benzene rings is 2. The van der Waals surface area contributed by atoms with Gasteiger partial charge in [0.2, 0.25) is 0 Å². The van der Waals surface area contributed by atoms with Crippen LogP contribution in [0, 0.1) is 0 Å². The topological polar surface area (TPSA) is 0 Å². The minimum Gasteiger partial charge on any atom is -0.0991 e. The molecule has 0 N–H and O–H groups in total. The van der Waals surface area contributed by atoms with E-state index in [4.69, 9.17) is 0 Å². The zero-order valence-electron chi connectivity index (χ0n) is 10.8. The lowest BCUT2D eigenvalue weighted by molar-refractivity contribution is 1.15. The van der Waals surface area contributed by atoms with Crippen molar-refractivity contribution in [2.24, 2.45) is 0 Å². The molecule has 2 aromatic rings. The fourth-order valence-corrected chi connectivity index (χ4v) is 2.37. The Kier molecular flexibility index (Phi) is 3.78. The molecule has 0 heterocycles. The number of allylic oxidation sites excluding steroid dienone is 2. The maximum Gasteiger partial charge on any atom is -0.0146 e. The third-order valence-corrected chi connectivity index (χ3v) is 3.21. The van der Waals surface area contributed by atoms with Crippen LogP contribution in [0.1, 0.15) is 23.6 Å². The summed E-state index contributed by atoms with van der Waals surface area (Å²) < 4.78 is 0. The quantitative estimate of drug-likeness (QED) is 0.634. The van der Waals surface area contributed by atoms with Crippen LogP contribution in [0.15, 0.2) is 55.6 Å². The van der Waals surface area contributed by atoms with Gasteiger partial charge in [0.1, 0.15) is 0 Å². The van der Waals surface area contributed by atoms with Crippen LogP contribution >= 0.6 is 0 Å². The van der Waals surface area contributed by atoms with E-state index in [0.717, 1.165) is 6.42 Å². The Balaban J connectivity index is 2.83. The lowest BCUT2D eigenvalue weighted by atomic mass is 9.92. The highest BCUT2D eigenvalue weighted by Gasteiger charge is 2.07. The molecular weight excluding hydrogens is 216 g/mol. The Hall–Kier alpha value is -2.08. The number of fused-ring (bicyclic) bond motifs is 1. The number of hydrogen-bond acceptors (Lipinski definition) is 0. The van der Waals surface area contributed by atoms with E-state index >= 15 is 0 Å². The molecule has 2 aromatic carbocycles. The Morgan fingerprint density at radius 3 is 2.61 bits per heavy atom. The van der Waals surface area contributed by atoms with Gasteiger partial charge in [-0.3, -0.25) is 0 Å². The molecule has 0 amide bonds. The fourth-order valence-electron chi connectivity index (χ4n) is 2.37. The van der Waals surface area contributed by atoms with Crippen molar-refractivity contribution in [3.8, 4) is 0 Å². The molecule has 0 unspecified atom stereocenters. The first kappa shape index (κ1) is 12.4. The summed E-state index contributed by atoms with van der Waals surface area (Å²) in [5.41, 5.74) is 3.82. The summed E-state index contributed by atoms with van der Waals surface area (Å²) >= 11 is 0. The Bertz CT molecular complexity index is 615. The molecular formula is C18H18. The molecule has 0 saturated heterocycles. The molecule has 0 aliphatic heterocycles. The molecule has 0 radical (unpaired) electrons. The van der Waals surface area contributed by atoms with Gasteiger partial charge in [-0.05, 0) is 39.9 Å². The monoisotopic (exact) mass is 234 g/mol. The van der Waals surface area contributed by atoms with Crippen molar-refractivity contribution in [1.82, 2.24) is 0 Å². The van der Waals surface area contributed by atoms with E-state index in [9.17, 15) is 0 Å². The number of hydrogen-bond donors (Lipinski definition) is 0. The average Bonchev–Trinajstić information content (AvgIpc) is 2.43. The van der Waals surface area contributed by atoms with Crippen molar-refractivity contribution in [3.05, 3.63) is 72.3 Å². The summed E-state index contributed by atoms with van der Waals surface area (Å²) in [5.74, 6) is 0. The normalized spacial score (nSPS) is 10.9. The molecule has 90 valence electrons. The first-order valence-corrected chi connectivity index (χ1v) is 6.28. The summed E-state index contributed by atoms with van der Waals surface area (Å²) in [6.07, 6.45) is 8.85. The van der Waals surface area contributed by atoms with Crippen LogP contribution in [0.3, 0.4) is 0 Å². The number of rotatable bonds is 4. The van der Waals surface area contributed by atoms with Crippen molar-refractivity contribution in [1.29, 1.82) is 0 Å². The van der Waals surface area contributed by atoms with Gasteiger partial charge in [0.25, 0.3) is 0 Å². The van der Waals surface area contributed by atoms with Crippen molar-refractivity contribution >= 4 is 22.9 Å². The standard InChI is InChI=1S/C18H18/c1-4-7-11-17-14(5-2)13-15-10-8-9-12-18(15)16(17)6-3/h4-5,7-13H,1-2,6H2,3H3/b11-7-. The minimum absolute atomic E-state index is 1.01. The van der Waals surface area contributed by atoms with Crippen molar-refractivity contribution in [2.75, 3.05) is 0 Å². The van der Waals surface area contributed by atoms with E-state index < -0.39 is 0 Å². The third-order valence-electron chi connectivity index (χ3n) is 3.21. The zero-order chi connectivity index (χ0) is 13.0. The van der Waals surface area contributed by atoms with Crippen LogP contribution in [0.2, 0.25) is 0 Å². The highest BCUT2D eigenvalue weighted by molar-refractivity contribution is 5.92. The molecule has 0 bridgehead atoms. The second-order valence-corrected chi connectivity index (χ2v) is 4.23. The van der Waals surface area contributed by atoms with Gasteiger partial charge in [-0.15, -0.1) is 0 Å². The van der Waals surface area contributed by atoms with Crippen LogP contribution < -0.4 is 0 Å². The Morgan fingerprint density at radius 1 is 1.17 bits per heavy atom. The van der Waals surface area contributed by atoms with Crippen LogP contribution in [0.25, 0.3) is 22.9 Å². The second-order valence-electron chi connectivity index (χ2n) is 4.23. The second kappa shape index (κ2) is 5.50. The summed E-state index contributed by atoms with van der Waals surface area (Å²) in [6.45, 7) is 9.85. The summed E-state index contributed by atoms with van der Waals surface area (Å²) in [6, 6.07) is 10.7. The van der Waals surface area contributed by atoms with Crippen molar-refractivity contribution in [3.63, 3.8) is 0 Å². The molecule has 0 aliphatic rings. The molecule has 0 aliphatic carbocycles. The van der Waals surface area contributed by atoms with E-state index in [0.29, 0.717) is 0 Å². The third kappa shape index (κ3) is 2.14. The Labute approximate surface area is 109 Å². The summed E-state index contributed by atoms with van der Waals surface area (Å²) in [5, 5.41) is 2.61. The van der Waals surface area contributed by atoms with Crippen LogP contribution in [-0.2, 0) is 6.42 Å². The molecule has 0 atom stereocenters. The van der Waals surface area contributed by atoms with Gasteiger partial charge in [-0.25, -0.2) is 0 Å². The van der Waals surface area contributed by atoms with Gasteiger partial charge in [-0.2, -0.15) is 0 Å². The minimum atomic E-state index is 1.01. The van der Waals surface area contributed by atoms with E-state index in [1.165, 1.54) is 27.5 Å². The lowest BCUT2D eigenvalue weighted by Crippen LogP contribution is -1.93. The van der Waals surface area contributed by atoms with Crippen LogP contribution in [0.4, 0.5) is 0 Å². The summed E-state index contributed by atoms with van der Waals surface area (Å²) in [4.78, 5) is 0. The van der Waals surface area contributed by atoms with Gasteiger partial charge in [0, 0.05) is 0 Å². The lowest BCUT2D eigenvalue weighted by Gasteiger charge is -2.12. The largest absolute Gasteiger partial charge is 0.0991 e. The molecule has 0 saturated carbocycles. The fraction of sp³-hybridized carbons (Fsp3) is 0.111. The SMILES string of the molecule is C=C/C=C\c1c(C=C)cc2ccccc2c1CC. The Morgan fingerprint density at radius 2 is 1.94 bits per heavy atom. The van der Waals surface area contributed by atoms with E-state index in [1.807, 2.05) is 18.2 Å². The molecule has 0 fully saturated rings. The van der Waals surface area contributed by atoms with E-state index in [-0.39, 0.29) is 0 Å². The van der Waals surface area contributed by atoms with Crippen molar-refractivity contribution < 1.29 is 0 Å². The molecule has 0 nitrogen and oxygen atoms in total. The van der Waals surface area contributed by atoms with Crippen LogP contribution in [-0.4, -0.2) is 0 Å². The summed E-state index contributed by atoms with van der Waals surface area (Å²) in [7, 11) is 0. The average molecular weight is 234 g/mol. The van der Waals surface area contributed by atoms with Crippen LogP contribution in [0.5, 0.6) is 0 Å². The first-order valence-electron chi connectivity index (χ1n) is 6.28. The first-order chi connectivity index (χ1) is 8.81. The zero-order valence-corrected chi connectivity index (χ0v) is 10.8. The molecule has 18 heavy (non-hydrogen) atoms. The maximum absolute atomic E-state index is 3.92. The van der Waals surface area contributed by atoms with Crippen molar-refractivity contribution in [2.45, 2.75) is 13.3 Å². The molecule has 0 heteroatoms. The molecule has 0 aromatic heterocycles. The highest BCUT2D eigenvalue weighted by Crippen LogP contribution is 2.28. The van der Waals surface area contributed by atoms with Gasteiger partial charge in [-0.1, -0.05) is 68.7 Å².